The number of nitrogens with zero attached hydrogens (tertiary/aromatic N) is 6. The van der Waals surface area contributed by atoms with Gasteiger partial charge in [-0.05, 0) is 58.7 Å². The lowest BCUT2D eigenvalue weighted by atomic mass is 10.0. The molecule has 0 radical (unpaired) electrons. The van der Waals surface area contributed by atoms with E-state index in [0.717, 1.165) is 43.1 Å². The van der Waals surface area contributed by atoms with Gasteiger partial charge in [-0.2, -0.15) is 0 Å². The number of benzene rings is 2. The maximum atomic E-state index is 13.7. The van der Waals surface area contributed by atoms with E-state index >= 15 is 0 Å². The first kappa shape index (κ1) is 21.2. The van der Waals surface area contributed by atoms with Gasteiger partial charge in [-0.1, -0.05) is 37.1 Å². The fourth-order valence-electron chi connectivity index (χ4n) is 5.08. The predicted octanol–water partition coefficient (Wildman–Crippen LogP) is 3.65. The van der Waals surface area contributed by atoms with Crippen molar-refractivity contribution in [2.24, 2.45) is 0 Å². The Balaban J connectivity index is 1.41. The van der Waals surface area contributed by atoms with Gasteiger partial charge in [0.05, 0.1) is 12.6 Å². The standard InChI is InChI=1S/C24H28F2N6/c25-20-9-5-18(6-10-20)17-32-24(27-28-29-32)23(19-7-11-21(26)12-8-19)31-15-13-30(14-16-31)22-3-1-2-4-22/h5-12,22-23H,1-4,13-17H2. The smallest absolute Gasteiger partial charge is 0.173 e. The molecule has 2 aromatic carbocycles. The maximum Gasteiger partial charge on any atom is 0.173 e. The van der Waals surface area contributed by atoms with Crippen molar-refractivity contribution in [3.63, 3.8) is 0 Å². The van der Waals surface area contributed by atoms with E-state index in [0.29, 0.717) is 12.6 Å². The van der Waals surface area contributed by atoms with Crippen LogP contribution >= 0.6 is 0 Å². The molecule has 0 spiro atoms. The fraction of sp³-hybridized carbons (Fsp3) is 0.458. The molecule has 0 bridgehead atoms. The molecule has 5 rings (SSSR count). The van der Waals surface area contributed by atoms with Crippen LogP contribution < -0.4 is 0 Å². The topological polar surface area (TPSA) is 50.1 Å². The third-order valence-corrected chi connectivity index (χ3v) is 6.79. The predicted molar refractivity (Wildman–Crippen MR) is 117 cm³/mol. The molecular weight excluding hydrogens is 410 g/mol. The highest BCUT2D eigenvalue weighted by Gasteiger charge is 2.33. The summed E-state index contributed by atoms with van der Waals surface area (Å²) in [5.74, 6) is 0.190. The molecule has 6 nitrogen and oxygen atoms in total. The molecule has 0 amide bonds. The van der Waals surface area contributed by atoms with E-state index in [1.54, 1.807) is 16.8 Å². The molecule has 1 aliphatic heterocycles. The second kappa shape index (κ2) is 9.42. The summed E-state index contributed by atoms with van der Waals surface area (Å²) >= 11 is 0. The minimum absolute atomic E-state index is 0.170. The van der Waals surface area contributed by atoms with Crippen LogP contribution in [0.5, 0.6) is 0 Å². The number of hydrogen-bond donors (Lipinski definition) is 0. The number of aromatic nitrogens is 4. The molecule has 1 saturated heterocycles. The normalized spacial score (nSPS) is 19.4. The third-order valence-electron chi connectivity index (χ3n) is 6.79. The molecule has 1 aromatic heterocycles. The van der Waals surface area contributed by atoms with Gasteiger partial charge >= 0.3 is 0 Å². The summed E-state index contributed by atoms with van der Waals surface area (Å²) in [6.45, 7) is 4.29. The zero-order valence-corrected chi connectivity index (χ0v) is 18.1. The van der Waals surface area contributed by atoms with Crippen LogP contribution in [0.2, 0.25) is 0 Å². The number of piperazine rings is 1. The summed E-state index contributed by atoms with van der Waals surface area (Å²) in [6.07, 6.45) is 5.27. The van der Waals surface area contributed by atoms with Crippen molar-refractivity contribution >= 4 is 0 Å². The van der Waals surface area contributed by atoms with Crippen molar-refractivity contribution < 1.29 is 8.78 Å². The van der Waals surface area contributed by atoms with Crippen molar-refractivity contribution in [1.29, 1.82) is 0 Å². The Bertz CT molecular complexity index is 1010. The van der Waals surface area contributed by atoms with Gasteiger partial charge in [0.25, 0.3) is 0 Å². The molecule has 1 unspecified atom stereocenters. The molecule has 32 heavy (non-hydrogen) atoms. The molecule has 1 aliphatic carbocycles. The zero-order valence-electron chi connectivity index (χ0n) is 18.1. The summed E-state index contributed by atoms with van der Waals surface area (Å²) in [5.41, 5.74) is 1.89. The highest BCUT2D eigenvalue weighted by Crippen LogP contribution is 2.31. The highest BCUT2D eigenvalue weighted by atomic mass is 19.1. The van der Waals surface area contributed by atoms with Crippen LogP contribution in [-0.4, -0.2) is 62.2 Å². The van der Waals surface area contributed by atoms with Crippen molar-refractivity contribution in [3.05, 3.63) is 77.1 Å². The minimum atomic E-state index is -0.269. The molecular formula is C24H28F2N6. The number of halogens is 2. The van der Waals surface area contributed by atoms with E-state index in [4.69, 9.17) is 0 Å². The molecule has 0 N–H and O–H groups in total. The lowest BCUT2D eigenvalue weighted by Crippen LogP contribution is -2.51. The van der Waals surface area contributed by atoms with Gasteiger partial charge in [0, 0.05) is 32.2 Å². The van der Waals surface area contributed by atoms with Crippen LogP contribution in [0.3, 0.4) is 0 Å². The first-order chi connectivity index (χ1) is 15.7. The first-order valence-electron chi connectivity index (χ1n) is 11.4. The van der Waals surface area contributed by atoms with Crippen LogP contribution in [0.4, 0.5) is 8.78 Å². The van der Waals surface area contributed by atoms with Crippen molar-refractivity contribution in [2.45, 2.75) is 44.3 Å². The monoisotopic (exact) mass is 438 g/mol. The van der Waals surface area contributed by atoms with Crippen LogP contribution in [0.15, 0.2) is 48.5 Å². The van der Waals surface area contributed by atoms with Gasteiger partial charge in [-0.25, -0.2) is 13.5 Å². The average Bonchev–Trinajstić information content (AvgIpc) is 3.50. The van der Waals surface area contributed by atoms with Gasteiger partial charge in [0.2, 0.25) is 0 Å². The summed E-state index contributed by atoms with van der Waals surface area (Å²) < 4.78 is 28.8. The zero-order chi connectivity index (χ0) is 21.9. The molecule has 2 aliphatic rings. The summed E-state index contributed by atoms with van der Waals surface area (Å²) in [6, 6.07) is 13.5. The van der Waals surface area contributed by atoms with Crippen LogP contribution in [0, 0.1) is 11.6 Å². The molecule has 1 saturated carbocycles. The molecule has 168 valence electrons. The SMILES string of the molecule is Fc1ccc(Cn2nnnc2C(c2ccc(F)cc2)N2CCN(C3CCCC3)CC2)cc1. The molecule has 3 aromatic rings. The Morgan fingerprint density at radius 2 is 1.47 bits per heavy atom. The Morgan fingerprint density at radius 1 is 0.844 bits per heavy atom. The van der Waals surface area contributed by atoms with E-state index < -0.39 is 0 Å². The molecule has 1 atom stereocenters. The van der Waals surface area contributed by atoms with Crippen molar-refractivity contribution in [2.75, 3.05) is 26.2 Å². The Labute approximate surface area is 186 Å². The van der Waals surface area contributed by atoms with Gasteiger partial charge in [-0.15, -0.1) is 5.10 Å². The second-order valence-corrected chi connectivity index (χ2v) is 8.79. The van der Waals surface area contributed by atoms with Crippen molar-refractivity contribution in [3.8, 4) is 0 Å². The van der Waals surface area contributed by atoms with E-state index in [-0.39, 0.29) is 17.7 Å². The van der Waals surface area contributed by atoms with Crippen molar-refractivity contribution in [1.82, 2.24) is 30.0 Å². The fourth-order valence-corrected chi connectivity index (χ4v) is 5.08. The first-order valence-corrected chi connectivity index (χ1v) is 11.4. The Morgan fingerprint density at radius 3 is 2.12 bits per heavy atom. The highest BCUT2D eigenvalue weighted by molar-refractivity contribution is 5.26. The number of hydrogen-bond acceptors (Lipinski definition) is 5. The third kappa shape index (κ3) is 4.56. The average molecular weight is 439 g/mol. The minimum Gasteiger partial charge on any atom is -0.298 e. The van der Waals surface area contributed by atoms with Gasteiger partial charge < -0.3 is 0 Å². The van der Waals surface area contributed by atoms with Crippen LogP contribution in [0.1, 0.15) is 48.7 Å². The Hall–Kier alpha value is -2.71. The summed E-state index contributed by atoms with van der Waals surface area (Å²) in [4.78, 5) is 5.01. The Kier molecular flexibility index (Phi) is 6.23. The van der Waals surface area contributed by atoms with E-state index in [2.05, 4.69) is 25.3 Å². The van der Waals surface area contributed by atoms with Crippen LogP contribution in [-0.2, 0) is 6.54 Å². The van der Waals surface area contributed by atoms with Gasteiger partial charge in [0.15, 0.2) is 5.82 Å². The second-order valence-electron chi connectivity index (χ2n) is 8.79. The quantitative estimate of drug-likeness (QED) is 0.588. The maximum absolute atomic E-state index is 13.7. The van der Waals surface area contributed by atoms with Crippen LogP contribution in [0.25, 0.3) is 0 Å². The molecule has 2 fully saturated rings. The van der Waals surface area contributed by atoms with E-state index in [9.17, 15) is 8.78 Å². The lowest BCUT2D eigenvalue weighted by Gasteiger charge is -2.41. The van der Waals surface area contributed by atoms with E-state index in [1.165, 1.54) is 49.9 Å². The molecule has 8 heteroatoms. The lowest BCUT2D eigenvalue weighted by molar-refractivity contribution is 0.0771. The summed E-state index contributed by atoms with van der Waals surface area (Å²) in [7, 11) is 0. The number of tetrazole rings is 1. The van der Waals surface area contributed by atoms with Gasteiger partial charge in [0.1, 0.15) is 11.6 Å². The van der Waals surface area contributed by atoms with E-state index in [1.807, 2.05) is 12.1 Å². The largest absolute Gasteiger partial charge is 0.298 e. The molecule has 2 heterocycles. The summed E-state index contributed by atoms with van der Waals surface area (Å²) in [5, 5.41) is 12.6. The number of rotatable bonds is 6. The van der Waals surface area contributed by atoms with Gasteiger partial charge in [-0.3, -0.25) is 9.80 Å².